The zero-order valence-electron chi connectivity index (χ0n) is 10.9. The van der Waals surface area contributed by atoms with Crippen LogP contribution in [0.3, 0.4) is 0 Å². The highest BCUT2D eigenvalue weighted by Gasteiger charge is 2.11. The molecule has 0 aliphatic rings. The smallest absolute Gasteiger partial charge is 0.223 e. The Morgan fingerprint density at radius 1 is 1.19 bits per heavy atom. The third kappa shape index (κ3) is 2.76. The van der Waals surface area contributed by atoms with Gasteiger partial charge in [0.2, 0.25) is 5.82 Å². The standard InChI is InChI=1S/C14H11N5O2/c20-8-10-4-1-2-6-12(10)21-9-11-5-3-7-15-13(11)14-16-18-19-17-14/h1-8H,9H2,(H,16,17,18,19). The summed E-state index contributed by atoms with van der Waals surface area (Å²) < 4.78 is 5.70. The molecular formula is C14H11N5O2. The summed E-state index contributed by atoms with van der Waals surface area (Å²) in [4.78, 5) is 15.2. The molecule has 0 aliphatic heterocycles. The molecule has 2 aromatic heterocycles. The summed E-state index contributed by atoms with van der Waals surface area (Å²) in [6.45, 7) is 0.253. The van der Waals surface area contributed by atoms with E-state index < -0.39 is 0 Å². The lowest BCUT2D eigenvalue weighted by Crippen LogP contribution is -2.02. The Bertz CT molecular complexity index is 743. The van der Waals surface area contributed by atoms with Crippen molar-refractivity contribution in [1.82, 2.24) is 25.6 Å². The summed E-state index contributed by atoms with van der Waals surface area (Å²) in [6.07, 6.45) is 2.41. The van der Waals surface area contributed by atoms with Gasteiger partial charge in [-0.05, 0) is 23.4 Å². The minimum Gasteiger partial charge on any atom is -0.488 e. The summed E-state index contributed by atoms with van der Waals surface area (Å²) in [5, 5.41) is 13.7. The number of H-pyrrole nitrogens is 1. The fourth-order valence-corrected chi connectivity index (χ4v) is 1.88. The molecular weight excluding hydrogens is 270 g/mol. The predicted molar refractivity (Wildman–Crippen MR) is 73.6 cm³/mol. The van der Waals surface area contributed by atoms with Gasteiger partial charge in [0.15, 0.2) is 6.29 Å². The normalized spacial score (nSPS) is 10.3. The summed E-state index contributed by atoms with van der Waals surface area (Å²) in [6, 6.07) is 10.7. The number of nitrogens with one attached hydrogen (secondary N) is 1. The maximum atomic E-state index is 11.0. The first-order valence-corrected chi connectivity index (χ1v) is 6.23. The zero-order valence-corrected chi connectivity index (χ0v) is 10.9. The molecule has 0 bridgehead atoms. The number of aromatic nitrogens is 5. The number of benzene rings is 1. The molecule has 7 heteroatoms. The van der Waals surface area contributed by atoms with Crippen molar-refractivity contribution in [2.45, 2.75) is 6.61 Å². The maximum absolute atomic E-state index is 11.0. The molecule has 3 rings (SSSR count). The molecule has 0 amide bonds. The van der Waals surface area contributed by atoms with E-state index in [0.717, 1.165) is 11.8 Å². The molecule has 0 spiro atoms. The van der Waals surface area contributed by atoms with E-state index in [1.54, 1.807) is 30.5 Å². The number of hydrogen-bond donors (Lipinski definition) is 1. The van der Waals surface area contributed by atoms with Crippen molar-refractivity contribution in [3.05, 3.63) is 53.7 Å². The van der Waals surface area contributed by atoms with Gasteiger partial charge in [-0.25, -0.2) is 0 Å². The number of carbonyl (C=O) groups is 1. The highest BCUT2D eigenvalue weighted by molar-refractivity contribution is 5.79. The van der Waals surface area contributed by atoms with Crippen LogP contribution >= 0.6 is 0 Å². The molecule has 0 fully saturated rings. The first-order valence-electron chi connectivity index (χ1n) is 6.23. The SMILES string of the molecule is O=Cc1ccccc1OCc1cccnc1-c1nn[nH]n1. The Kier molecular flexibility index (Phi) is 3.64. The second-order valence-electron chi connectivity index (χ2n) is 4.19. The van der Waals surface area contributed by atoms with E-state index in [1.165, 1.54) is 0 Å². The summed E-state index contributed by atoms with van der Waals surface area (Å²) >= 11 is 0. The number of rotatable bonds is 5. The zero-order chi connectivity index (χ0) is 14.5. The quantitative estimate of drug-likeness (QED) is 0.715. The maximum Gasteiger partial charge on any atom is 0.223 e. The van der Waals surface area contributed by atoms with Gasteiger partial charge < -0.3 is 4.74 Å². The van der Waals surface area contributed by atoms with Crippen LogP contribution in [0.15, 0.2) is 42.6 Å². The van der Waals surface area contributed by atoms with Gasteiger partial charge in [-0.2, -0.15) is 5.21 Å². The highest BCUT2D eigenvalue weighted by Crippen LogP contribution is 2.21. The lowest BCUT2D eigenvalue weighted by Gasteiger charge is -2.09. The molecule has 0 saturated carbocycles. The van der Waals surface area contributed by atoms with Crippen molar-refractivity contribution < 1.29 is 9.53 Å². The van der Waals surface area contributed by atoms with Crippen LogP contribution in [0.25, 0.3) is 11.5 Å². The van der Waals surface area contributed by atoms with Crippen LogP contribution in [0.4, 0.5) is 0 Å². The Morgan fingerprint density at radius 2 is 2.10 bits per heavy atom. The highest BCUT2D eigenvalue weighted by atomic mass is 16.5. The van der Waals surface area contributed by atoms with Crippen LogP contribution in [0.1, 0.15) is 15.9 Å². The van der Waals surface area contributed by atoms with E-state index in [2.05, 4.69) is 25.6 Å². The average molecular weight is 281 g/mol. The molecule has 0 radical (unpaired) electrons. The Morgan fingerprint density at radius 3 is 2.90 bits per heavy atom. The van der Waals surface area contributed by atoms with E-state index in [4.69, 9.17) is 4.74 Å². The molecule has 0 saturated heterocycles. The first-order chi connectivity index (χ1) is 10.4. The van der Waals surface area contributed by atoms with E-state index in [-0.39, 0.29) is 6.61 Å². The first kappa shape index (κ1) is 12.9. The second-order valence-corrected chi connectivity index (χ2v) is 4.19. The predicted octanol–water partition coefficient (Wildman–Crippen LogP) is 1.65. The van der Waals surface area contributed by atoms with E-state index >= 15 is 0 Å². The van der Waals surface area contributed by atoms with Crippen molar-refractivity contribution in [1.29, 1.82) is 0 Å². The molecule has 0 aliphatic carbocycles. The van der Waals surface area contributed by atoms with Crippen LogP contribution in [-0.2, 0) is 6.61 Å². The molecule has 7 nitrogen and oxygen atoms in total. The third-order valence-electron chi connectivity index (χ3n) is 2.88. The molecule has 2 heterocycles. The molecule has 0 atom stereocenters. The fourth-order valence-electron chi connectivity index (χ4n) is 1.88. The van der Waals surface area contributed by atoms with Gasteiger partial charge in [-0.15, -0.1) is 10.2 Å². The molecule has 0 unspecified atom stereocenters. The minimum atomic E-state index is 0.253. The number of ether oxygens (including phenoxy) is 1. The van der Waals surface area contributed by atoms with Crippen LogP contribution < -0.4 is 4.74 Å². The van der Waals surface area contributed by atoms with Crippen molar-refractivity contribution in [3.8, 4) is 17.3 Å². The molecule has 104 valence electrons. The Balaban J connectivity index is 1.84. The largest absolute Gasteiger partial charge is 0.488 e. The monoisotopic (exact) mass is 281 g/mol. The van der Waals surface area contributed by atoms with Crippen molar-refractivity contribution >= 4 is 6.29 Å². The summed E-state index contributed by atoms with van der Waals surface area (Å²) in [5.41, 5.74) is 1.90. The van der Waals surface area contributed by atoms with E-state index in [1.807, 2.05) is 12.1 Å². The van der Waals surface area contributed by atoms with Crippen molar-refractivity contribution in [2.24, 2.45) is 0 Å². The van der Waals surface area contributed by atoms with Crippen LogP contribution in [0.5, 0.6) is 5.75 Å². The van der Waals surface area contributed by atoms with Crippen LogP contribution in [0.2, 0.25) is 0 Å². The number of tetrazole rings is 1. The molecule has 21 heavy (non-hydrogen) atoms. The minimum absolute atomic E-state index is 0.253. The number of aromatic amines is 1. The Labute approximate surface area is 120 Å². The number of nitrogens with zero attached hydrogens (tertiary/aromatic N) is 4. The van der Waals surface area contributed by atoms with Gasteiger partial charge in [-0.1, -0.05) is 18.2 Å². The van der Waals surface area contributed by atoms with Gasteiger partial charge >= 0.3 is 0 Å². The number of carbonyl (C=O) groups excluding carboxylic acids is 1. The number of para-hydroxylation sites is 1. The lowest BCUT2D eigenvalue weighted by atomic mass is 10.2. The van der Waals surface area contributed by atoms with Crippen LogP contribution in [0, 0.1) is 0 Å². The van der Waals surface area contributed by atoms with Gasteiger partial charge in [-0.3, -0.25) is 9.78 Å². The summed E-state index contributed by atoms with van der Waals surface area (Å²) in [5.74, 6) is 0.924. The summed E-state index contributed by atoms with van der Waals surface area (Å²) in [7, 11) is 0. The van der Waals surface area contributed by atoms with Crippen molar-refractivity contribution in [2.75, 3.05) is 0 Å². The Hall–Kier alpha value is -3.09. The van der Waals surface area contributed by atoms with E-state index in [9.17, 15) is 4.79 Å². The second kappa shape index (κ2) is 5.91. The van der Waals surface area contributed by atoms with E-state index in [0.29, 0.717) is 22.8 Å². The molecule has 1 N–H and O–H groups in total. The van der Waals surface area contributed by atoms with Gasteiger partial charge in [0.1, 0.15) is 18.1 Å². The third-order valence-corrected chi connectivity index (χ3v) is 2.88. The lowest BCUT2D eigenvalue weighted by molar-refractivity contribution is 0.111. The molecule has 3 aromatic rings. The van der Waals surface area contributed by atoms with Crippen LogP contribution in [-0.4, -0.2) is 31.9 Å². The van der Waals surface area contributed by atoms with Crippen molar-refractivity contribution in [3.63, 3.8) is 0 Å². The van der Waals surface area contributed by atoms with Gasteiger partial charge in [0, 0.05) is 11.8 Å². The number of aldehydes is 1. The number of hydrogen-bond acceptors (Lipinski definition) is 6. The van der Waals surface area contributed by atoms with Gasteiger partial charge in [0.25, 0.3) is 0 Å². The fraction of sp³-hybridized carbons (Fsp3) is 0.0714. The number of pyridine rings is 1. The molecule has 1 aromatic carbocycles. The topological polar surface area (TPSA) is 93.6 Å². The average Bonchev–Trinajstić information content (AvgIpc) is 3.08. The van der Waals surface area contributed by atoms with Gasteiger partial charge in [0.05, 0.1) is 5.56 Å².